The summed E-state index contributed by atoms with van der Waals surface area (Å²) in [5, 5.41) is 11.4. The van der Waals surface area contributed by atoms with E-state index in [4.69, 9.17) is 9.88 Å². The molecule has 2 rings (SSSR count). The molecule has 1 aliphatic rings. The monoisotopic (exact) mass is 408 g/mol. The highest BCUT2D eigenvalue weighted by Crippen LogP contribution is 2.43. The third-order valence-electron chi connectivity index (χ3n) is 3.62. The predicted molar refractivity (Wildman–Crippen MR) is 99.0 cm³/mol. The highest BCUT2D eigenvalue weighted by Gasteiger charge is 2.30. The maximum absolute atomic E-state index is 11.8. The lowest BCUT2D eigenvalue weighted by Gasteiger charge is -2.31. The molecule has 1 aromatic rings. The van der Waals surface area contributed by atoms with Gasteiger partial charge in [0.2, 0.25) is 15.9 Å². The van der Waals surface area contributed by atoms with E-state index in [1.165, 1.54) is 23.3 Å². The summed E-state index contributed by atoms with van der Waals surface area (Å²) in [7, 11) is -2.12. The van der Waals surface area contributed by atoms with Gasteiger partial charge in [0, 0.05) is 39.2 Å². The summed E-state index contributed by atoms with van der Waals surface area (Å²) in [4.78, 5) is 11.8. The zero-order chi connectivity index (χ0) is 18.4. The third-order valence-corrected chi connectivity index (χ3v) is 7.45. The number of carbonyl (C=O) groups excluding carboxylic acids is 1. The first-order valence-corrected chi connectivity index (χ1v) is 11.1. The molecule has 1 aromatic heterocycles. The summed E-state index contributed by atoms with van der Waals surface area (Å²) < 4.78 is 31.3. The van der Waals surface area contributed by atoms with Crippen molar-refractivity contribution in [2.75, 3.05) is 39.9 Å². The van der Waals surface area contributed by atoms with E-state index >= 15 is 0 Å². The summed E-state index contributed by atoms with van der Waals surface area (Å²) in [6.07, 6.45) is 0.373. The van der Waals surface area contributed by atoms with Crippen LogP contribution in [-0.2, 0) is 19.6 Å². The van der Waals surface area contributed by atoms with Gasteiger partial charge in [-0.3, -0.25) is 4.79 Å². The van der Waals surface area contributed by atoms with E-state index in [-0.39, 0.29) is 16.2 Å². The van der Waals surface area contributed by atoms with Crippen molar-refractivity contribution in [2.45, 2.75) is 27.8 Å². The van der Waals surface area contributed by atoms with Crippen molar-refractivity contribution in [3.05, 3.63) is 11.6 Å². The molecule has 0 spiro atoms. The zero-order valence-electron chi connectivity index (χ0n) is 14.3. The lowest BCUT2D eigenvalue weighted by molar-refractivity contribution is -0.121. The molecule has 0 saturated carbocycles. The van der Waals surface area contributed by atoms with Crippen LogP contribution < -0.4 is 15.8 Å². The maximum Gasteiger partial charge on any atom is 0.247 e. The molecule has 1 aliphatic heterocycles. The fraction of sp³-hybridized carbons (Fsp3) is 0.643. The smallest absolute Gasteiger partial charge is 0.247 e. The van der Waals surface area contributed by atoms with Gasteiger partial charge in [0.05, 0.1) is 10.8 Å². The Kier molecular flexibility index (Phi) is 7.68. The van der Waals surface area contributed by atoms with Crippen LogP contribution in [0.3, 0.4) is 0 Å². The molecule has 1 atom stereocenters. The number of amides is 1. The van der Waals surface area contributed by atoms with Crippen LogP contribution in [0.25, 0.3) is 0 Å². The van der Waals surface area contributed by atoms with Gasteiger partial charge < -0.3 is 15.4 Å². The van der Waals surface area contributed by atoms with E-state index < -0.39 is 10.0 Å². The number of ether oxygens (including phenoxy) is 1. The highest BCUT2D eigenvalue weighted by atomic mass is 32.3. The Morgan fingerprint density at radius 1 is 1.52 bits per heavy atom. The summed E-state index contributed by atoms with van der Waals surface area (Å²) in [5.41, 5.74) is 0.960. The molecule has 25 heavy (non-hydrogen) atoms. The van der Waals surface area contributed by atoms with Gasteiger partial charge in [0.15, 0.2) is 0 Å². The van der Waals surface area contributed by atoms with Crippen molar-refractivity contribution >= 4 is 39.2 Å². The first kappa shape index (κ1) is 20.6. The van der Waals surface area contributed by atoms with Crippen LogP contribution >= 0.6 is 23.3 Å². The van der Waals surface area contributed by atoms with Gasteiger partial charge in [0.1, 0.15) is 4.21 Å². The maximum atomic E-state index is 11.8. The SMILES string of the molecule is CCN[C@H]1CN(CCC(=O)NCCOC)Sc2sc(S(N)(=O)=O)cc21. The second-order valence-electron chi connectivity index (χ2n) is 5.54. The highest BCUT2D eigenvalue weighted by molar-refractivity contribution is 7.99. The van der Waals surface area contributed by atoms with Gasteiger partial charge in [0.25, 0.3) is 0 Å². The van der Waals surface area contributed by atoms with Crippen LogP contribution in [0.1, 0.15) is 24.9 Å². The first-order valence-electron chi connectivity index (χ1n) is 7.93. The quantitative estimate of drug-likeness (QED) is 0.403. The molecular weight excluding hydrogens is 384 g/mol. The van der Waals surface area contributed by atoms with Crippen LogP contribution in [0.5, 0.6) is 0 Å². The number of nitrogens with two attached hydrogens (primary N) is 1. The van der Waals surface area contributed by atoms with Crippen molar-refractivity contribution in [1.29, 1.82) is 0 Å². The number of likely N-dealkylation sites (N-methyl/N-ethyl adjacent to an activating group) is 1. The minimum Gasteiger partial charge on any atom is -0.383 e. The molecule has 142 valence electrons. The lowest BCUT2D eigenvalue weighted by Crippen LogP contribution is -2.37. The molecule has 0 unspecified atom stereocenters. The van der Waals surface area contributed by atoms with Crippen LogP contribution in [0, 0.1) is 0 Å². The van der Waals surface area contributed by atoms with E-state index in [1.54, 1.807) is 13.2 Å². The fourth-order valence-electron chi connectivity index (χ4n) is 2.44. The van der Waals surface area contributed by atoms with Crippen LogP contribution in [-0.4, -0.2) is 58.5 Å². The molecule has 0 aliphatic carbocycles. The van der Waals surface area contributed by atoms with Gasteiger partial charge in [-0.2, -0.15) is 0 Å². The van der Waals surface area contributed by atoms with Crippen molar-refractivity contribution in [3.63, 3.8) is 0 Å². The molecule has 2 heterocycles. The molecule has 1 amide bonds. The van der Waals surface area contributed by atoms with Crippen molar-refractivity contribution < 1.29 is 17.9 Å². The summed E-state index contributed by atoms with van der Waals surface area (Å²) >= 11 is 2.66. The minimum absolute atomic E-state index is 0.0181. The number of hydrogen-bond donors (Lipinski definition) is 3. The molecule has 0 saturated heterocycles. The standard InChI is InChI=1S/C14H24N4O4S3/c1-3-16-11-9-18(6-4-12(19)17-5-7-22-2)24-14-10(11)8-13(23-14)25(15,20)21/h8,11,16H,3-7,9H2,1-2H3,(H,17,19)(H2,15,20,21)/t11-/m0/s1. The average Bonchev–Trinajstić information content (AvgIpc) is 2.98. The van der Waals surface area contributed by atoms with Crippen molar-refractivity contribution in [3.8, 4) is 0 Å². The average molecular weight is 409 g/mol. The number of primary sulfonamides is 1. The Hall–Kier alpha value is -0.690. The zero-order valence-corrected chi connectivity index (χ0v) is 16.7. The number of hydrogen-bond acceptors (Lipinski definition) is 8. The van der Waals surface area contributed by atoms with Crippen molar-refractivity contribution in [1.82, 2.24) is 14.9 Å². The van der Waals surface area contributed by atoms with Gasteiger partial charge >= 0.3 is 0 Å². The molecule has 8 nitrogen and oxygen atoms in total. The van der Waals surface area contributed by atoms with E-state index in [1.807, 2.05) is 6.92 Å². The van der Waals surface area contributed by atoms with Crippen LogP contribution in [0.4, 0.5) is 0 Å². The van der Waals surface area contributed by atoms with Gasteiger partial charge in [-0.15, -0.1) is 11.3 Å². The van der Waals surface area contributed by atoms with Crippen LogP contribution in [0.2, 0.25) is 0 Å². The Labute approximate surface area is 156 Å². The second kappa shape index (κ2) is 9.31. The Bertz CT molecular complexity index is 692. The van der Waals surface area contributed by atoms with Gasteiger partial charge in [-0.05, 0) is 30.1 Å². The van der Waals surface area contributed by atoms with Gasteiger partial charge in [-0.1, -0.05) is 6.92 Å². The predicted octanol–water partition coefficient (Wildman–Crippen LogP) is 0.522. The molecule has 0 radical (unpaired) electrons. The number of carbonyl (C=O) groups is 1. The molecule has 0 bridgehead atoms. The largest absolute Gasteiger partial charge is 0.383 e. The lowest BCUT2D eigenvalue weighted by atomic mass is 10.1. The number of methoxy groups -OCH3 is 1. The summed E-state index contributed by atoms with van der Waals surface area (Å²) in [6.45, 7) is 5.02. The second-order valence-corrected chi connectivity index (χ2v) is 9.74. The minimum atomic E-state index is -3.71. The fourth-order valence-corrected chi connectivity index (χ4v) is 5.98. The first-order chi connectivity index (χ1) is 11.8. The number of fused-ring (bicyclic) bond motifs is 1. The van der Waals surface area contributed by atoms with E-state index in [2.05, 4.69) is 14.9 Å². The molecule has 11 heteroatoms. The number of sulfonamides is 1. The van der Waals surface area contributed by atoms with Crippen molar-refractivity contribution in [2.24, 2.45) is 5.14 Å². The third kappa shape index (κ3) is 5.91. The summed E-state index contributed by atoms with van der Waals surface area (Å²) in [6, 6.07) is 1.68. The van der Waals surface area contributed by atoms with Crippen LogP contribution in [0.15, 0.2) is 14.5 Å². The number of thiophene rings is 1. The van der Waals surface area contributed by atoms with E-state index in [0.29, 0.717) is 32.7 Å². The topological polar surface area (TPSA) is 114 Å². The van der Waals surface area contributed by atoms with Gasteiger partial charge in [-0.25, -0.2) is 17.9 Å². The Morgan fingerprint density at radius 2 is 2.28 bits per heavy atom. The number of rotatable bonds is 9. The Morgan fingerprint density at radius 3 is 2.92 bits per heavy atom. The van der Waals surface area contributed by atoms with E-state index in [0.717, 1.165) is 16.3 Å². The molecular formula is C14H24N4O4S3. The van der Waals surface area contributed by atoms with E-state index in [9.17, 15) is 13.2 Å². The normalized spacial score (nSPS) is 18.1. The molecule has 0 aromatic carbocycles. The Balaban J connectivity index is 2.02. The molecule has 0 fully saturated rings. The molecule has 4 N–H and O–H groups in total. The number of nitrogens with zero attached hydrogens (tertiary/aromatic N) is 1. The summed E-state index contributed by atoms with van der Waals surface area (Å²) in [5.74, 6) is -0.0279. The number of nitrogens with one attached hydrogen (secondary N) is 2.